The lowest BCUT2D eigenvalue weighted by Gasteiger charge is -2.15. The summed E-state index contributed by atoms with van der Waals surface area (Å²) >= 11 is 0. The summed E-state index contributed by atoms with van der Waals surface area (Å²) in [6.07, 6.45) is 0. The first kappa shape index (κ1) is 14.1. The van der Waals surface area contributed by atoms with Gasteiger partial charge in [0.25, 0.3) is 0 Å². The molecule has 2 aromatic carbocycles. The number of aryl methyl sites for hydroxylation is 1. The zero-order chi connectivity index (χ0) is 14.5. The largest absolute Gasteiger partial charge is 0.508 e. The number of benzene rings is 2. The van der Waals surface area contributed by atoms with Crippen molar-refractivity contribution in [3.63, 3.8) is 0 Å². The summed E-state index contributed by atoms with van der Waals surface area (Å²) in [5.74, 6) is 0.315. The number of nitriles is 1. The number of hydrogen-bond acceptors (Lipinski definition) is 3. The van der Waals surface area contributed by atoms with Crippen LogP contribution in [-0.2, 0) is 6.54 Å². The van der Waals surface area contributed by atoms with Crippen LogP contribution in [0.2, 0.25) is 0 Å². The van der Waals surface area contributed by atoms with Crippen LogP contribution in [0.5, 0.6) is 5.75 Å². The van der Waals surface area contributed by atoms with Gasteiger partial charge in [0.05, 0.1) is 11.6 Å². The molecule has 0 heterocycles. The number of aromatic hydroxyl groups is 1. The second kappa shape index (κ2) is 6.23. The van der Waals surface area contributed by atoms with Crippen LogP contribution >= 0.6 is 0 Å². The van der Waals surface area contributed by atoms with Crippen molar-refractivity contribution >= 4 is 0 Å². The maximum absolute atomic E-state index is 9.81. The molecule has 1 unspecified atom stereocenters. The van der Waals surface area contributed by atoms with Crippen LogP contribution in [0.25, 0.3) is 0 Å². The van der Waals surface area contributed by atoms with E-state index >= 15 is 0 Å². The molecular formula is C17H18N2O. The van der Waals surface area contributed by atoms with E-state index in [2.05, 4.69) is 18.3 Å². The van der Waals surface area contributed by atoms with Crippen LogP contribution in [0.1, 0.15) is 35.2 Å². The summed E-state index contributed by atoms with van der Waals surface area (Å²) in [6.45, 7) is 4.68. The zero-order valence-corrected chi connectivity index (χ0v) is 11.7. The minimum absolute atomic E-state index is 0.155. The maximum Gasteiger partial charge on any atom is 0.120 e. The summed E-state index contributed by atoms with van der Waals surface area (Å²) < 4.78 is 0. The Hall–Kier alpha value is -2.31. The smallest absolute Gasteiger partial charge is 0.120 e. The number of phenolic OH excluding ortho intramolecular Hbond substituents is 1. The Morgan fingerprint density at radius 2 is 1.90 bits per heavy atom. The molecule has 0 radical (unpaired) electrons. The van der Waals surface area contributed by atoms with Crippen molar-refractivity contribution in [1.82, 2.24) is 5.32 Å². The topological polar surface area (TPSA) is 56.0 Å². The fourth-order valence-electron chi connectivity index (χ4n) is 2.08. The van der Waals surface area contributed by atoms with Crippen molar-refractivity contribution in [3.05, 3.63) is 64.7 Å². The number of nitrogens with one attached hydrogen (secondary N) is 1. The van der Waals surface area contributed by atoms with Gasteiger partial charge < -0.3 is 10.4 Å². The summed E-state index contributed by atoms with van der Waals surface area (Å²) in [5, 5.41) is 22.0. The number of phenols is 1. The lowest BCUT2D eigenvalue weighted by atomic mass is 10.1. The summed E-state index contributed by atoms with van der Waals surface area (Å²) in [7, 11) is 0. The van der Waals surface area contributed by atoms with Crippen LogP contribution in [-0.4, -0.2) is 5.11 Å². The lowest BCUT2D eigenvalue weighted by molar-refractivity contribution is 0.460. The molecule has 0 aliphatic heterocycles. The van der Waals surface area contributed by atoms with E-state index in [0.717, 1.165) is 16.7 Å². The van der Waals surface area contributed by atoms with E-state index in [-0.39, 0.29) is 6.04 Å². The van der Waals surface area contributed by atoms with Crippen LogP contribution in [0.4, 0.5) is 0 Å². The predicted molar refractivity (Wildman–Crippen MR) is 79.3 cm³/mol. The molecule has 3 nitrogen and oxygen atoms in total. The van der Waals surface area contributed by atoms with Crippen molar-refractivity contribution in [2.45, 2.75) is 26.4 Å². The van der Waals surface area contributed by atoms with Crippen molar-refractivity contribution in [1.29, 1.82) is 5.26 Å². The van der Waals surface area contributed by atoms with E-state index in [4.69, 9.17) is 5.26 Å². The standard InChI is InChI=1S/C17H18N2O/c1-12-3-8-17(20)16(9-12)11-19-13(2)15-6-4-14(10-18)5-7-15/h3-9,13,19-20H,11H2,1-2H3. The number of rotatable bonds is 4. The van der Waals surface area contributed by atoms with Crippen molar-refractivity contribution < 1.29 is 5.11 Å². The zero-order valence-electron chi connectivity index (χ0n) is 11.7. The van der Waals surface area contributed by atoms with E-state index in [1.165, 1.54) is 0 Å². The molecule has 20 heavy (non-hydrogen) atoms. The Bertz CT molecular complexity index is 626. The van der Waals surface area contributed by atoms with Gasteiger partial charge in [0.1, 0.15) is 5.75 Å². The third-order valence-electron chi connectivity index (χ3n) is 3.37. The molecule has 2 rings (SSSR count). The molecule has 1 atom stereocenters. The first-order chi connectivity index (χ1) is 9.60. The average molecular weight is 266 g/mol. The summed E-state index contributed by atoms with van der Waals surface area (Å²) in [4.78, 5) is 0. The molecule has 0 saturated heterocycles. The Balaban J connectivity index is 2.02. The molecular weight excluding hydrogens is 248 g/mol. The molecule has 0 fully saturated rings. The predicted octanol–water partition coefficient (Wildman–Crippen LogP) is 3.42. The SMILES string of the molecule is Cc1ccc(O)c(CNC(C)c2ccc(C#N)cc2)c1. The highest BCUT2D eigenvalue weighted by Crippen LogP contribution is 2.20. The second-order valence-electron chi connectivity index (χ2n) is 4.97. The molecule has 2 N–H and O–H groups in total. The Morgan fingerprint density at radius 3 is 2.55 bits per heavy atom. The highest BCUT2D eigenvalue weighted by atomic mass is 16.3. The van der Waals surface area contributed by atoms with Gasteiger partial charge in [-0.25, -0.2) is 0 Å². The van der Waals surface area contributed by atoms with Crippen LogP contribution < -0.4 is 5.32 Å². The van der Waals surface area contributed by atoms with Gasteiger partial charge in [-0.05, 0) is 37.6 Å². The van der Waals surface area contributed by atoms with Gasteiger partial charge in [-0.3, -0.25) is 0 Å². The Kier molecular flexibility index (Phi) is 4.39. The van der Waals surface area contributed by atoms with Gasteiger partial charge in [-0.15, -0.1) is 0 Å². The van der Waals surface area contributed by atoms with E-state index < -0.39 is 0 Å². The fraction of sp³-hybridized carbons (Fsp3) is 0.235. The molecule has 0 aromatic heterocycles. The van der Waals surface area contributed by atoms with Crippen molar-refractivity contribution in [3.8, 4) is 11.8 Å². The van der Waals surface area contributed by atoms with Crippen LogP contribution in [0.15, 0.2) is 42.5 Å². The monoisotopic (exact) mass is 266 g/mol. The molecule has 0 aliphatic rings. The van der Waals surface area contributed by atoms with Gasteiger partial charge in [-0.1, -0.05) is 29.8 Å². The highest BCUT2D eigenvalue weighted by Gasteiger charge is 2.07. The lowest BCUT2D eigenvalue weighted by Crippen LogP contribution is -2.18. The summed E-state index contributed by atoms with van der Waals surface area (Å²) in [5.41, 5.74) is 3.81. The molecule has 0 aliphatic carbocycles. The van der Waals surface area contributed by atoms with E-state index in [0.29, 0.717) is 17.9 Å². The van der Waals surface area contributed by atoms with Gasteiger partial charge in [0, 0.05) is 18.2 Å². The van der Waals surface area contributed by atoms with Gasteiger partial charge in [0.2, 0.25) is 0 Å². The number of hydrogen-bond donors (Lipinski definition) is 2. The quantitative estimate of drug-likeness (QED) is 0.891. The van der Waals surface area contributed by atoms with Crippen LogP contribution in [0.3, 0.4) is 0 Å². The fourth-order valence-corrected chi connectivity index (χ4v) is 2.08. The average Bonchev–Trinajstić information content (AvgIpc) is 2.48. The van der Waals surface area contributed by atoms with Gasteiger partial charge in [0.15, 0.2) is 0 Å². The van der Waals surface area contributed by atoms with Crippen molar-refractivity contribution in [2.75, 3.05) is 0 Å². The summed E-state index contributed by atoms with van der Waals surface area (Å²) in [6, 6.07) is 15.4. The van der Waals surface area contributed by atoms with E-state index in [1.807, 2.05) is 43.3 Å². The molecule has 0 bridgehead atoms. The second-order valence-corrected chi connectivity index (χ2v) is 4.97. The molecule has 0 saturated carbocycles. The molecule has 102 valence electrons. The van der Waals surface area contributed by atoms with Gasteiger partial charge >= 0.3 is 0 Å². The minimum atomic E-state index is 0.155. The third-order valence-corrected chi connectivity index (χ3v) is 3.37. The Labute approximate surface area is 119 Å². The van der Waals surface area contributed by atoms with E-state index in [1.54, 1.807) is 6.07 Å². The highest BCUT2D eigenvalue weighted by molar-refractivity contribution is 5.36. The van der Waals surface area contributed by atoms with Crippen LogP contribution in [0, 0.1) is 18.3 Å². The molecule has 2 aromatic rings. The van der Waals surface area contributed by atoms with Crippen molar-refractivity contribution in [2.24, 2.45) is 0 Å². The number of nitrogens with zero attached hydrogens (tertiary/aromatic N) is 1. The van der Waals surface area contributed by atoms with E-state index in [9.17, 15) is 5.11 Å². The first-order valence-corrected chi connectivity index (χ1v) is 6.62. The minimum Gasteiger partial charge on any atom is -0.508 e. The molecule has 3 heteroatoms. The molecule has 0 amide bonds. The third kappa shape index (κ3) is 3.37. The normalized spacial score (nSPS) is 11.8. The van der Waals surface area contributed by atoms with Gasteiger partial charge in [-0.2, -0.15) is 5.26 Å². The first-order valence-electron chi connectivity index (χ1n) is 6.62. The Morgan fingerprint density at radius 1 is 1.20 bits per heavy atom. The molecule has 0 spiro atoms. The maximum atomic E-state index is 9.81.